The molecule has 0 unspecified atom stereocenters. The van der Waals surface area contributed by atoms with Crippen molar-refractivity contribution < 1.29 is 19.1 Å². The molecule has 1 heterocycles. The Hall–Kier alpha value is -1.03. The van der Waals surface area contributed by atoms with Crippen LogP contribution in [0.15, 0.2) is 0 Å². The average Bonchev–Trinajstić information content (AvgIpc) is 2.88. The summed E-state index contributed by atoms with van der Waals surface area (Å²) in [6.07, 6.45) is 0.168. The van der Waals surface area contributed by atoms with Gasteiger partial charge in [-0.3, -0.25) is 14.4 Å². The lowest BCUT2D eigenvalue weighted by atomic mass is 9.70. The molecule has 1 aliphatic carbocycles. The minimum Gasteiger partial charge on any atom is -0.341 e. The third-order valence-electron chi connectivity index (χ3n) is 3.62. The van der Waals surface area contributed by atoms with Gasteiger partial charge in [0.05, 0.1) is 0 Å². The average molecular weight is 252 g/mol. The van der Waals surface area contributed by atoms with E-state index in [4.69, 9.17) is 4.74 Å². The first-order valence-electron chi connectivity index (χ1n) is 6.46. The molecule has 100 valence electrons. The van der Waals surface area contributed by atoms with Crippen molar-refractivity contribution in [1.82, 2.24) is 0 Å². The molecule has 18 heavy (non-hydrogen) atoms. The summed E-state index contributed by atoms with van der Waals surface area (Å²) in [5.41, 5.74) is -1.71. The molecule has 1 aliphatic heterocycles. The molecule has 2 fully saturated rings. The fourth-order valence-corrected chi connectivity index (χ4v) is 2.73. The van der Waals surface area contributed by atoms with Crippen molar-refractivity contribution in [1.29, 1.82) is 0 Å². The fraction of sp³-hybridized carbons (Fsp3) is 0.786. The van der Waals surface area contributed by atoms with E-state index >= 15 is 0 Å². The van der Waals surface area contributed by atoms with Crippen molar-refractivity contribution in [3.8, 4) is 0 Å². The number of ether oxygens (including phenoxy) is 1. The van der Waals surface area contributed by atoms with E-state index in [0.29, 0.717) is 19.3 Å². The second-order valence-corrected chi connectivity index (χ2v) is 6.66. The fourth-order valence-electron chi connectivity index (χ4n) is 2.73. The predicted octanol–water partition coefficient (Wildman–Crippen LogP) is 1.70. The van der Waals surface area contributed by atoms with Crippen LogP contribution in [0.1, 0.15) is 47.0 Å². The van der Waals surface area contributed by atoms with Crippen LogP contribution in [0.4, 0.5) is 0 Å². The highest BCUT2D eigenvalue weighted by Gasteiger charge is 2.72. The van der Waals surface area contributed by atoms with E-state index in [1.807, 2.05) is 27.7 Å². The Bertz CT molecular complexity index is 400. The highest BCUT2D eigenvalue weighted by molar-refractivity contribution is 6.20. The monoisotopic (exact) mass is 252 g/mol. The number of carbonyl (C=O) groups is 3. The van der Waals surface area contributed by atoms with Crippen molar-refractivity contribution in [2.75, 3.05) is 0 Å². The number of Topliss-reactive ketones (excluding diaryl/α,β-unsaturated/α-hetero) is 3. The zero-order valence-electron chi connectivity index (χ0n) is 11.4. The van der Waals surface area contributed by atoms with Crippen molar-refractivity contribution in [2.45, 2.75) is 58.7 Å². The molecule has 0 amide bonds. The lowest BCUT2D eigenvalue weighted by Gasteiger charge is -2.30. The maximum absolute atomic E-state index is 12.1. The first-order valence-corrected chi connectivity index (χ1v) is 6.46. The molecule has 0 aromatic carbocycles. The number of epoxide rings is 1. The van der Waals surface area contributed by atoms with Crippen LogP contribution in [0.2, 0.25) is 0 Å². The van der Waals surface area contributed by atoms with E-state index in [2.05, 4.69) is 0 Å². The lowest BCUT2D eigenvalue weighted by Crippen LogP contribution is -2.47. The van der Waals surface area contributed by atoms with Gasteiger partial charge in [-0.05, 0) is 11.3 Å². The van der Waals surface area contributed by atoms with E-state index in [9.17, 15) is 14.4 Å². The molecule has 1 saturated heterocycles. The van der Waals surface area contributed by atoms with Gasteiger partial charge in [-0.15, -0.1) is 0 Å². The predicted molar refractivity (Wildman–Crippen MR) is 65.1 cm³/mol. The van der Waals surface area contributed by atoms with Gasteiger partial charge in [-0.2, -0.15) is 0 Å². The Kier molecular flexibility index (Phi) is 2.97. The van der Waals surface area contributed by atoms with Gasteiger partial charge in [0, 0.05) is 19.3 Å². The third-order valence-corrected chi connectivity index (χ3v) is 3.62. The Morgan fingerprint density at radius 3 is 2.22 bits per heavy atom. The molecule has 0 aromatic heterocycles. The minimum absolute atomic E-state index is 0.119. The Morgan fingerprint density at radius 2 is 1.78 bits per heavy atom. The summed E-state index contributed by atoms with van der Waals surface area (Å²) < 4.78 is 5.28. The van der Waals surface area contributed by atoms with E-state index in [1.54, 1.807) is 0 Å². The number of ketones is 3. The molecule has 0 N–H and O–H groups in total. The number of hydrogen-bond acceptors (Lipinski definition) is 4. The maximum Gasteiger partial charge on any atom is 0.218 e. The van der Waals surface area contributed by atoms with Crippen molar-refractivity contribution >= 4 is 17.3 Å². The second-order valence-electron chi connectivity index (χ2n) is 6.66. The molecule has 0 aromatic rings. The lowest BCUT2D eigenvalue weighted by molar-refractivity contribution is -0.141. The largest absolute Gasteiger partial charge is 0.341 e. The smallest absolute Gasteiger partial charge is 0.218 e. The van der Waals surface area contributed by atoms with Crippen LogP contribution < -0.4 is 0 Å². The molecule has 2 aliphatic rings. The van der Waals surface area contributed by atoms with Crippen LogP contribution in [0.25, 0.3) is 0 Å². The van der Waals surface area contributed by atoms with Crippen LogP contribution in [-0.2, 0) is 19.1 Å². The van der Waals surface area contributed by atoms with Gasteiger partial charge in [-0.25, -0.2) is 0 Å². The Labute approximate surface area is 107 Å². The highest BCUT2D eigenvalue weighted by Crippen LogP contribution is 2.49. The molecule has 0 radical (unpaired) electrons. The molecule has 4 heteroatoms. The first kappa shape index (κ1) is 13.4. The van der Waals surface area contributed by atoms with Crippen molar-refractivity contribution in [3.05, 3.63) is 0 Å². The van der Waals surface area contributed by atoms with Crippen LogP contribution >= 0.6 is 0 Å². The van der Waals surface area contributed by atoms with Crippen LogP contribution in [0.5, 0.6) is 0 Å². The molecular weight excluding hydrogens is 232 g/mol. The summed E-state index contributed by atoms with van der Waals surface area (Å²) in [7, 11) is 0. The van der Waals surface area contributed by atoms with Crippen LogP contribution in [0.3, 0.4) is 0 Å². The highest BCUT2D eigenvalue weighted by atomic mass is 16.6. The van der Waals surface area contributed by atoms with Crippen LogP contribution in [0, 0.1) is 11.3 Å². The summed E-state index contributed by atoms with van der Waals surface area (Å²) in [5.74, 6) is -0.341. The normalized spacial score (nSPS) is 28.8. The number of carbonyl (C=O) groups excluding carboxylic acids is 3. The first-order chi connectivity index (χ1) is 8.19. The van der Waals surface area contributed by atoms with E-state index < -0.39 is 11.7 Å². The second kappa shape index (κ2) is 3.98. The quantitative estimate of drug-likeness (QED) is 0.566. The SMILES string of the molecule is CC(C)CC(=O)[C@H]1OC12C(=O)CC(C)(C)CC2=O. The summed E-state index contributed by atoms with van der Waals surface area (Å²) in [4.78, 5) is 36.1. The van der Waals surface area contributed by atoms with E-state index in [-0.39, 0.29) is 28.7 Å². The summed E-state index contributed by atoms with van der Waals surface area (Å²) in [6.45, 7) is 7.65. The van der Waals surface area contributed by atoms with Crippen molar-refractivity contribution in [2.24, 2.45) is 11.3 Å². The number of rotatable bonds is 3. The van der Waals surface area contributed by atoms with Gasteiger partial charge in [-0.1, -0.05) is 27.7 Å². The topological polar surface area (TPSA) is 63.7 Å². The van der Waals surface area contributed by atoms with Gasteiger partial charge in [0.25, 0.3) is 0 Å². The third kappa shape index (κ3) is 2.03. The van der Waals surface area contributed by atoms with Crippen LogP contribution in [-0.4, -0.2) is 29.1 Å². The Balaban J connectivity index is 2.14. The van der Waals surface area contributed by atoms with Gasteiger partial charge >= 0.3 is 0 Å². The standard InChI is InChI=1S/C14H20O4/c1-8(2)5-9(15)12-14(18-12)10(16)6-13(3,4)7-11(14)17/h8,12H,5-7H2,1-4H3/t12-/m1/s1. The van der Waals surface area contributed by atoms with Gasteiger partial charge in [0.15, 0.2) is 23.5 Å². The summed E-state index contributed by atoms with van der Waals surface area (Å²) >= 11 is 0. The summed E-state index contributed by atoms with van der Waals surface area (Å²) in [5, 5.41) is 0. The summed E-state index contributed by atoms with van der Waals surface area (Å²) in [6, 6.07) is 0. The van der Waals surface area contributed by atoms with E-state index in [1.165, 1.54) is 0 Å². The van der Waals surface area contributed by atoms with Gasteiger partial charge < -0.3 is 4.74 Å². The molecule has 1 atom stereocenters. The van der Waals surface area contributed by atoms with Gasteiger partial charge in [0.2, 0.25) is 5.60 Å². The molecule has 2 rings (SSSR count). The molecule has 1 saturated carbocycles. The molecule has 4 nitrogen and oxygen atoms in total. The minimum atomic E-state index is -1.40. The zero-order valence-corrected chi connectivity index (χ0v) is 11.4. The number of hydrogen-bond donors (Lipinski definition) is 0. The molecule has 1 spiro atoms. The maximum atomic E-state index is 12.1. The van der Waals surface area contributed by atoms with Gasteiger partial charge in [0.1, 0.15) is 0 Å². The molecular formula is C14H20O4. The van der Waals surface area contributed by atoms with E-state index in [0.717, 1.165) is 0 Å². The van der Waals surface area contributed by atoms with Crippen molar-refractivity contribution in [3.63, 3.8) is 0 Å². The zero-order chi connectivity index (χ0) is 13.7. The Morgan fingerprint density at radius 1 is 1.28 bits per heavy atom. The molecule has 0 bridgehead atoms.